The van der Waals surface area contributed by atoms with E-state index in [1.807, 2.05) is 0 Å². The third-order valence-corrected chi connectivity index (χ3v) is 0.140. The lowest BCUT2D eigenvalue weighted by Gasteiger charge is -1.80. The molecule has 6 heteroatoms. The fourth-order valence-corrected chi connectivity index (χ4v) is 0.0137. The van der Waals surface area contributed by atoms with Crippen LogP contribution in [-0.4, -0.2) is 7.40 Å². The Balaban J connectivity index is 2.75. The highest BCUT2D eigenvalue weighted by molar-refractivity contribution is 6.34. The summed E-state index contributed by atoms with van der Waals surface area (Å²) in [6, 6.07) is 0. The third-order valence-electron chi connectivity index (χ3n) is 0.140. The molecule has 0 saturated carbocycles. The maximum absolute atomic E-state index is 10.7. The summed E-state index contributed by atoms with van der Waals surface area (Å²) >= 11 is 0. The highest BCUT2D eigenvalue weighted by atomic mass is 19.3. The van der Waals surface area contributed by atoms with E-state index in [0.29, 0.717) is 0 Å². The second-order valence-electron chi connectivity index (χ2n) is 0.453. The molecule has 0 aromatic rings. The minimum absolute atomic E-state index is 2.14. The van der Waals surface area contributed by atoms with Crippen LogP contribution in [0.5, 0.6) is 0 Å². The Morgan fingerprint density at radius 1 is 1.17 bits per heavy atom. The van der Waals surface area contributed by atoms with Gasteiger partial charge in [0, 0.05) is 0 Å². The average Bonchev–Trinajstić information content (AvgIpc) is 1.65. The Kier molecular flexibility index (Phi) is 2.87. The first-order chi connectivity index (χ1) is 2.81. The van der Waals surface area contributed by atoms with Crippen molar-refractivity contribution in [1.82, 2.24) is 0 Å². The summed E-state index contributed by atoms with van der Waals surface area (Å²) in [6.07, 6.45) is 0. The van der Waals surface area contributed by atoms with Crippen molar-refractivity contribution in [1.29, 1.82) is 0 Å². The van der Waals surface area contributed by atoms with Crippen LogP contribution < -0.4 is 0 Å². The first-order valence-electron chi connectivity index (χ1n) is 0.998. The van der Waals surface area contributed by atoms with Crippen molar-refractivity contribution >= 4 is 7.40 Å². The number of halogens is 3. The van der Waals surface area contributed by atoms with Crippen molar-refractivity contribution in [2.45, 2.75) is 0 Å². The highest BCUT2D eigenvalue weighted by Crippen LogP contribution is 1.89. The first-order valence-corrected chi connectivity index (χ1v) is 0.998. The Morgan fingerprint density at radius 3 is 1.50 bits per heavy atom. The zero-order chi connectivity index (χ0) is 4.99. The summed E-state index contributed by atoms with van der Waals surface area (Å²) in [5.41, 5.74) is 0. The van der Waals surface area contributed by atoms with Crippen LogP contribution in [0.4, 0.5) is 13.4 Å². The van der Waals surface area contributed by atoms with Gasteiger partial charge in [-0.15, -0.1) is 0 Å². The van der Waals surface area contributed by atoms with E-state index in [-0.39, 0.29) is 0 Å². The van der Waals surface area contributed by atoms with Crippen molar-refractivity contribution in [3.63, 3.8) is 0 Å². The van der Waals surface area contributed by atoms with Gasteiger partial charge in [-0.3, -0.25) is 4.32 Å². The van der Waals surface area contributed by atoms with Gasteiger partial charge in [-0.2, -0.15) is 9.72 Å². The quantitative estimate of drug-likeness (QED) is 0.476. The van der Waals surface area contributed by atoms with E-state index in [2.05, 4.69) is 9.72 Å². The molecule has 36 valence electrons. The van der Waals surface area contributed by atoms with Gasteiger partial charge in [0.2, 0.25) is 0 Å². The van der Waals surface area contributed by atoms with Crippen LogP contribution >= 0.6 is 0 Å². The summed E-state index contributed by atoms with van der Waals surface area (Å²) in [7, 11) is -2.90. The van der Waals surface area contributed by atoms with E-state index in [4.69, 9.17) is 0 Å². The minimum atomic E-state index is -2.90. The molecular formula is BF3O2. The third kappa shape index (κ3) is 2.04. The van der Waals surface area contributed by atoms with E-state index in [0.717, 1.165) is 0 Å². The lowest BCUT2D eigenvalue weighted by Crippen LogP contribution is -2.05. The second-order valence-corrected chi connectivity index (χ2v) is 0.453. The number of hydrogen-bond acceptors (Lipinski definition) is 2. The molecule has 0 atom stereocenters. The van der Waals surface area contributed by atoms with Crippen molar-refractivity contribution < 1.29 is 23.1 Å². The van der Waals surface area contributed by atoms with Gasteiger partial charge in [0.25, 0.3) is 0 Å². The molecule has 0 aliphatic rings. The lowest BCUT2D eigenvalue weighted by molar-refractivity contribution is -0.122. The molecule has 0 heterocycles. The molecule has 0 aromatic carbocycles. The number of hydrogen-bond donors (Lipinski definition) is 0. The molecule has 0 spiro atoms. The molecule has 0 fully saturated rings. The smallest absolute Gasteiger partial charge is 0.258 e. The molecule has 6 heavy (non-hydrogen) atoms. The lowest BCUT2D eigenvalue weighted by atomic mass is 10.3. The summed E-state index contributed by atoms with van der Waals surface area (Å²) < 4.78 is 31.0. The maximum Gasteiger partial charge on any atom is 0.745 e. The molecule has 0 rings (SSSR count). The topological polar surface area (TPSA) is 18.5 Å². The van der Waals surface area contributed by atoms with Crippen molar-refractivity contribution in [2.75, 3.05) is 0 Å². The predicted molar refractivity (Wildman–Crippen MR) is 11.2 cm³/mol. The molecular weight excluding hydrogens is 99.8 g/mol. The molecule has 0 amide bonds. The maximum atomic E-state index is 10.7. The monoisotopic (exact) mass is 100.0 g/mol. The van der Waals surface area contributed by atoms with E-state index in [1.54, 1.807) is 0 Å². The minimum Gasteiger partial charge on any atom is -0.258 e. The fraction of sp³-hybridized carbons (Fsp3) is 0. The van der Waals surface area contributed by atoms with Crippen LogP contribution in [0.25, 0.3) is 0 Å². The Bertz CT molecular complexity index is 28.0. The molecule has 2 nitrogen and oxygen atoms in total. The van der Waals surface area contributed by atoms with Crippen molar-refractivity contribution in [3.8, 4) is 0 Å². The average molecular weight is 99.8 g/mol. The van der Waals surface area contributed by atoms with Crippen LogP contribution in [0, 0.1) is 0 Å². The Labute approximate surface area is 31.8 Å². The molecule has 0 aliphatic heterocycles. The van der Waals surface area contributed by atoms with Crippen LogP contribution in [0.1, 0.15) is 0 Å². The number of rotatable bonds is 2. The van der Waals surface area contributed by atoms with E-state index >= 15 is 0 Å². The molecule has 0 N–H and O–H groups in total. The van der Waals surface area contributed by atoms with E-state index in [9.17, 15) is 13.4 Å². The molecule has 0 saturated heterocycles. The van der Waals surface area contributed by atoms with Gasteiger partial charge in [-0.1, -0.05) is 9.05 Å². The van der Waals surface area contributed by atoms with Crippen LogP contribution in [0.3, 0.4) is 0 Å². The largest absolute Gasteiger partial charge is 0.745 e. The highest BCUT2D eigenvalue weighted by Gasteiger charge is 2.19. The van der Waals surface area contributed by atoms with Crippen LogP contribution in [0.2, 0.25) is 0 Å². The van der Waals surface area contributed by atoms with Crippen LogP contribution in [-0.2, 0) is 9.72 Å². The Morgan fingerprint density at radius 2 is 1.50 bits per heavy atom. The van der Waals surface area contributed by atoms with Crippen molar-refractivity contribution in [2.24, 2.45) is 0 Å². The summed E-state index contributed by atoms with van der Waals surface area (Å²) in [4.78, 5) is 4.27. The molecule has 0 aromatic heterocycles. The SMILES string of the molecule is FOB(F)OF. The zero-order valence-corrected chi connectivity index (χ0v) is 2.53. The molecule has 0 aliphatic carbocycles. The molecule has 0 unspecified atom stereocenters. The summed E-state index contributed by atoms with van der Waals surface area (Å²) in [6.45, 7) is 0. The van der Waals surface area contributed by atoms with Gasteiger partial charge in [-0.25, -0.2) is 0 Å². The van der Waals surface area contributed by atoms with Gasteiger partial charge in [0.15, 0.2) is 0 Å². The second kappa shape index (κ2) is 2.98. The summed E-state index contributed by atoms with van der Waals surface area (Å²) in [5, 5.41) is 0. The van der Waals surface area contributed by atoms with Crippen molar-refractivity contribution in [3.05, 3.63) is 0 Å². The van der Waals surface area contributed by atoms with Gasteiger partial charge in [-0.05, 0) is 0 Å². The predicted octanol–water partition coefficient (Wildman–Crippen LogP) is 0.743. The van der Waals surface area contributed by atoms with E-state index < -0.39 is 7.40 Å². The van der Waals surface area contributed by atoms with Crippen LogP contribution in [0.15, 0.2) is 0 Å². The van der Waals surface area contributed by atoms with Gasteiger partial charge >= 0.3 is 7.40 Å². The van der Waals surface area contributed by atoms with Gasteiger partial charge in [0.05, 0.1) is 0 Å². The Hall–Kier alpha value is -0.225. The first kappa shape index (κ1) is 5.77. The van der Waals surface area contributed by atoms with Gasteiger partial charge < -0.3 is 0 Å². The molecule has 0 radical (unpaired) electrons. The van der Waals surface area contributed by atoms with E-state index in [1.165, 1.54) is 0 Å². The molecule has 0 bridgehead atoms. The fourth-order valence-electron chi connectivity index (χ4n) is 0.0137. The standard InChI is InChI=1S/BF3O2/c2-1(5-3)6-4. The van der Waals surface area contributed by atoms with Gasteiger partial charge in [0.1, 0.15) is 0 Å². The summed E-state index contributed by atoms with van der Waals surface area (Å²) in [5.74, 6) is 0. The normalized spacial score (nSPS) is 8.50. The zero-order valence-electron chi connectivity index (χ0n) is 2.53.